The predicted molar refractivity (Wildman–Crippen MR) is 180 cm³/mol. The van der Waals surface area contributed by atoms with Crippen LogP contribution in [0, 0.1) is 17.2 Å². The molecule has 0 spiro atoms. The number of rotatable bonds is 11. The Morgan fingerprint density at radius 1 is 1.32 bits per heavy atom. The first-order valence-electron chi connectivity index (χ1n) is 15.7. The number of hydrogen-bond acceptors (Lipinski definition) is 9. The minimum atomic E-state index is -0.755. The minimum Gasteiger partial charge on any atom is -0.396 e. The highest BCUT2D eigenvalue weighted by atomic mass is 79.9. The average molecular weight is 730 g/mol. The summed E-state index contributed by atoms with van der Waals surface area (Å²) >= 11 is 9.56. The molecule has 2 atom stereocenters. The van der Waals surface area contributed by atoms with Crippen LogP contribution in [-0.4, -0.2) is 97.1 Å². The van der Waals surface area contributed by atoms with Gasteiger partial charge in [0.25, 0.3) is 5.91 Å². The highest BCUT2D eigenvalue weighted by molar-refractivity contribution is 9.09. The fourth-order valence-electron chi connectivity index (χ4n) is 5.37. The number of H-pyrrole nitrogens is 1. The van der Waals surface area contributed by atoms with Crippen LogP contribution in [0.4, 0.5) is 0 Å². The van der Waals surface area contributed by atoms with Crippen molar-refractivity contribution < 1.29 is 24.2 Å². The van der Waals surface area contributed by atoms with Crippen molar-refractivity contribution in [2.75, 3.05) is 38.2 Å². The molecule has 2 fully saturated rings. The van der Waals surface area contributed by atoms with E-state index in [0.717, 1.165) is 42.3 Å². The summed E-state index contributed by atoms with van der Waals surface area (Å²) in [7, 11) is 0. The van der Waals surface area contributed by atoms with Gasteiger partial charge in [0.15, 0.2) is 11.9 Å². The van der Waals surface area contributed by atoms with Crippen LogP contribution < -0.4 is 5.32 Å². The topological polar surface area (TPSA) is 171 Å². The number of nitrogens with one attached hydrogen (secondary N) is 2. The van der Waals surface area contributed by atoms with Gasteiger partial charge in [-0.15, -0.1) is 0 Å². The van der Waals surface area contributed by atoms with E-state index in [4.69, 9.17) is 26.3 Å². The number of aromatic nitrogens is 5. The number of aryl methyl sites for hydroxylation is 1. The monoisotopic (exact) mass is 728 g/mol. The molecule has 3 aromatic heterocycles. The second kappa shape index (κ2) is 16.5. The molecule has 6 rings (SSSR count). The van der Waals surface area contributed by atoms with Gasteiger partial charge in [0.1, 0.15) is 22.9 Å². The first-order valence-corrected chi connectivity index (χ1v) is 17.2. The lowest BCUT2D eigenvalue weighted by molar-refractivity contribution is -0.161. The fraction of sp³-hybridized carbons (Fsp3) is 0.500. The standard InChI is InChI=1S/C24H23ClN8O3.C8H15BrO2/c1-13(24(36)32-11-14(8-26)12-32)29-23(35)17-9-27-22-21(17)30-18(10-28-22)20-16-4-3-15(25)7-19(16)33(31-20)5-2-6-34;9-5-3-7-11-8-4-1-2-6-10-8/h3-4,7,9-10,13-14,34H,2,5-6,11-12H2,1H3,(H,27,28)(H,29,35);8H,1-7H2/t13-;/m1./s1. The number of nitriles is 1. The van der Waals surface area contributed by atoms with Gasteiger partial charge in [0.2, 0.25) is 5.91 Å². The molecule has 1 aromatic carbocycles. The predicted octanol–water partition coefficient (Wildman–Crippen LogP) is 4.43. The van der Waals surface area contributed by atoms with E-state index in [1.165, 1.54) is 19.0 Å². The van der Waals surface area contributed by atoms with Gasteiger partial charge in [-0.2, -0.15) is 10.4 Å². The molecular weight excluding hydrogens is 692 g/mol. The Morgan fingerprint density at radius 3 is 2.87 bits per heavy atom. The van der Waals surface area contributed by atoms with Crippen LogP contribution in [0.3, 0.4) is 0 Å². The molecule has 1 unspecified atom stereocenters. The highest BCUT2D eigenvalue weighted by Gasteiger charge is 2.33. The van der Waals surface area contributed by atoms with Crippen molar-refractivity contribution in [1.82, 2.24) is 34.9 Å². The van der Waals surface area contributed by atoms with E-state index in [1.54, 1.807) is 34.8 Å². The van der Waals surface area contributed by atoms with E-state index in [2.05, 4.69) is 47.4 Å². The molecule has 250 valence electrons. The number of alkyl halides is 1. The molecule has 5 heterocycles. The Labute approximate surface area is 285 Å². The summed E-state index contributed by atoms with van der Waals surface area (Å²) in [4.78, 5) is 39.2. The van der Waals surface area contributed by atoms with Crippen molar-refractivity contribution in [1.29, 1.82) is 5.26 Å². The first-order chi connectivity index (χ1) is 22.8. The molecule has 0 radical (unpaired) electrons. The number of ether oxygens (including phenoxy) is 2. The van der Waals surface area contributed by atoms with E-state index in [1.807, 2.05) is 6.07 Å². The second-order valence-corrected chi connectivity index (χ2v) is 12.7. The van der Waals surface area contributed by atoms with Crippen LogP contribution in [0.5, 0.6) is 0 Å². The van der Waals surface area contributed by atoms with Gasteiger partial charge in [0, 0.05) is 54.8 Å². The zero-order valence-corrected chi connectivity index (χ0v) is 28.5. The van der Waals surface area contributed by atoms with E-state index in [-0.39, 0.29) is 30.3 Å². The van der Waals surface area contributed by atoms with Crippen LogP contribution >= 0.6 is 27.5 Å². The first kappa shape index (κ1) is 34.7. The van der Waals surface area contributed by atoms with Gasteiger partial charge >= 0.3 is 0 Å². The van der Waals surface area contributed by atoms with E-state index in [9.17, 15) is 14.7 Å². The highest BCUT2D eigenvalue weighted by Crippen LogP contribution is 2.30. The molecular formula is C32H38BrClN8O5. The molecule has 15 heteroatoms. The summed E-state index contributed by atoms with van der Waals surface area (Å²) in [6.45, 7) is 4.58. The van der Waals surface area contributed by atoms with Crippen molar-refractivity contribution in [2.24, 2.45) is 5.92 Å². The number of fused-ring (bicyclic) bond motifs is 2. The quantitative estimate of drug-likeness (QED) is 0.149. The molecule has 0 bridgehead atoms. The number of carbonyl (C=O) groups excluding carboxylic acids is 2. The van der Waals surface area contributed by atoms with E-state index in [0.29, 0.717) is 53.6 Å². The van der Waals surface area contributed by atoms with Crippen molar-refractivity contribution in [3.05, 3.63) is 41.2 Å². The van der Waals surface area contributed by atoms with Gasteiger partial charge in [-0.25, -0.2) is 9.97 Å². The lowest BCUT2D eigenvalue weighted by Gasteiger charge is -2.37. The van der Waals surface area contributed by atoms with Gasteiger partial charge in [-0.3, -0.25) is 14.3 Å². The summed E-state index contributed by atoms with van der Waals surface area (Å²) in [6.07, 6.45) is 8.28. The second-order valence-electron chi connectivity index (χ2n) is 11.4. The van der Waals surface area contributed by atoms with Crippen molar-refractivity contribution in [3.8, 4) is 17.5 Å². The Bertz CT molecular complexity index is 1730. The third-order valence-electron chi connectivity index (χ3n) is 7.92. The largest absolute Gasteiger partial charge is 0.396 e. The number of hydrogen-bond donors (Lipinski definition) is 3. The normalized spacial score (nSPS) is 17.1. The summed E-state index contributed by atoms with van der Waals surface area (Å²) in [5, 5.41) is 28.0. The SMILES string of the molecule is BrCCCOC1CCCCO1.C[C@@H](NC(=O)c1c[nH]c2ncc(-c3nn(CCCO)c4cc(Cl)ccc34)nc12)C(=O)N1CC(C#N)C1. The smallest absolute Gasteiger partial charge is 0.255 e. The Kier molecular flexibility index (Phi) is 12.2. The number of aromatic amines is 1. The van der Waals surface area contributed by atoms with E-state index < -0.39 is 11.9 Å². The number of aliphatic hydroxyl groups is 1. The third-order valence-corrected chi connectivity index (χ3v) is 8.72. The molecule has 2 aliphatic rings. The molecule has 0 aliphatic carbocycles. The number of nitrogens with zero attached hydrogens (tertiary/aromatic N) is 6. The van der Waals surface area contributed by atoms with Gasteiger partial charge in [-0.05, 0) is 57.2 Å². The van der Waals surface area contributed by atoms with Crippen LogP contribution in [0.1, 0.15) is 49.4 Å². The molecule has 13 nitrogen and oxygen atoms in total. The lowest BCUT2D eigenvalue weighted by Crippen LogP contribution is -2.55. The molecule has 4 aromatic rings. The van der Waals surface area contributed by atoms with Crippen LogP contribution in [0.15, 0.2) is 30.6 Å². The third kappa shape index (κ3) is 8.46. The van der Waals surface area contributed by atoms with Crippen LogP contribution in [-0.2, 0) is 20.8 Å². The zero-order valence-electron chi connectivity index (χ0n) is 26.1. The summed E-state index contributed by atoms with van der Waals surface area (Å²) < 4.78 is 12.6. The molecule has 47 heavy (non-hydrogen) atoms. The summed E-state index contributed by atoms with van der Waals surface area (Å²) in [5.41, 5.74) is 2.88. The number of carbonyl (C=O) groups is 2. The maximum Gasteiger partial charge on any atom is 0.255 e. The van der Waals surface area contributed by atoms with Gasteiger partial charge < -0.3 is 29.8 Å². The Hall–Kier alpha value is -3.61. The molecule has 2 aliphatic heterocycles. The molecule has 0 saturated carbocycles. The molecule has 2 amide bonds. The number of benzene rings is 1. The number of likely N-dealkylation sites (tertiary alicyclic amines) is 1. The van der Waals surface area contributed by atoms with Crippen molar-refractivity contribution in [3.63, 3.8) is 0 Å². The number of aliphatic hydroxyl groups excluding tert-OH is 1. The maximum absolute atomic E-state index is 13.0. The van der Waals surface area contributed by atoms with Gasteiger partial charge in [-0.1, -0.05) is 27.5 Å². The van der Waals surface area contributed by atoms with Gasteiger partial charge in [0.05, 0.1) is 35.9 Å². The van der Waals surface area contributed by atoms with E-state index >= 15 is 0 Å². The molecule has 2 saturated heterocycles. The van der Waals surface area contributed by atoms with Crippen molar-refractivity contribution >= 4 is 61.4 Å². The van der Waals surface area contributed by atoms with Crippen LogP contribution in [0.2, 0.25) is 5.02 Å². The van der Waals surface area contributed by atoms with Crippen molar-refractivity contribution in [2.45, 2.75) is 57.9 Å². The lowest BCUT2D eigenvalue weighted by atomic mass is 10.0. The van der Waals surface area contributed by atoms with Crippen LogP contribution in [0.25, 0.3) is 33.5 Å². The average Bonchev–Trinajstić information content (AvgIpc) is 3.65. The zero-order chi connectivity index (χ0) is 33.3. The number of amides is 2. The minimum absolute atomic E-state index is 0.0302. The Morgan fingerprint density at radius 2 is 2.15 bits per heavy atom. The molecule has 3 N–H and O–H groups in total. The number of halogens is 2. The summed E-state index contributed by atoms with van der Waals surface area (Å²) in [6, 6.07) is 6.80. The maximum atomic E-state index is 13.0. The Balaban J connectivity index is 0.000000335. The summed E-state index contributed by atoms with van der Waals surface area (Å²) in [5.74, 6) is -0.852. The fourth-order valence-corrected chi connectivity index (χ4v) is 5.76.